The van der Waals surface area contributed by atoms with E-state index in [2.05, 4.69) is 6.07 Å². The molecule has 3 heteroatoms. The second-order valence-electron chi connectivity index (χ2n) is 3.22. The Morgan fingerprint density at radius 2 is 2.38 bits per heavy atom. The van der Waals surface area contributed by atoms with E-state index in [1.54, 1.807) is 4.90 Å². The van der Waals surface area contributed by atoms with Crippen molar-refractivity contribution in [1.82, 2.24) is 0 Å². The lowest BCUT2D eigenvalue weighted by molar-refractivity contribution is -0.107. The van der Waals surface area contributed by atoms with Crippen LogP contribution in [-0.2, 0) is 17.8 Å². The predicted octanol–water partition coefficient (Wildman–Crippen LogP) is 0.664. The molecular formula is C10H12N2O. The van der Waals surface area contributed by atoms with E-state index in [1.165, 1.54) is 5.56 Å². The lowest BCUT2D eigenvalue weighted by Gasteiger charge is -2.09. The van der Waals surface area contributed by atoms with E-state index in [-0.39, 0.29) is 0 Å². The maximum Gasteiger partial charge on any atom is 0.214 e. The number of nitrogens with zero attached hydrogens (tertiary/aromatic N) is 1. The van der Waals surface area contributed by atoms with E-state index < -0.39 is 0 Å². The third-order valence-electron chi connectivity index (χ3n) is 2.44. The predicted molar refractivity (Wildman–Crippen MR) is 51.4 cm³/mol. The van der Waals surface area contributed by atoms with Crippen LogP contribution in [0.2, 0.25) is 0 Å². The molecule has 68 valence electrons. The zero-order valence-electron chi connectivity index (χ0n) is 7.36. The van der Waals surface area contributed by atoms with Crippen LogP contribution >= 0.6 is 0 Å². The Hall–Kier alpha value is -1.35. The molecule has 0 radical (unpaired) electrons. The fourth-order valence-corrected chi connectivity index (χ4v) is 1.72. The Balaban J connectivity index is 2.40. The molecule has 2 rings (SSSR count). The molecule has 2 N–H and O–H groups in total. The van der Waals surface area contributed by atoms with Gasteiger partial charge in [0, 0.05) is 18.8 Å². The van der Waals surface area contributed by atoms with Crippen LogP contribution in [0.1, 0.15) is 11.1 Å². The Morgan fingerprint density at radius 1 is 1.54 bits per heavy atom. The van der Waals surface area contributed by atoms with Crippen molar-refractivity contribution in [1.29, 1.82) is 0 Å². The summed E-state index contributed by atoms with van der Waals surface area (Å²) in [5, 5.41) is 0. The SMILES string of the molecule is NCc1ccc2c(c1)CCN2C=O. The van der Waals surface area contributed by atoms with E-state index in [9.17, 15) is 4.79 Å². The molecule has 0 aliphatic carbocycles. The van der Waals surface area contributed by atoms with Gasteiger partial charge >= 0.3 is 0 Å². The van der Waals surface area contributed by atoms with Gasteiger partial charge in [0.25, 0.3) is 0 Å². The van der Waals surface area contributed by atoms with Crippen molar-refractivity contribution in [3.63, 3.8) is 0 Å². The minimum Gasteiger partial charge on any atom is -0.326 e. The molecule has 1 aliphatic heterocycles. The van der Waals surface area contributed by atoms with Crippen LogP contribution in [-0.4, -0.2) is 13.0 Å². The standard InChI is InChI=1S/C10H12N2O/c11-6-8-1-2-10-9(5-8)3-4-12(10)7-13/h1-2,5,7H,3-4,6,11H2. The monoisotopic (exact) mass is 176 g/mol. The highest BCUT2D eigenvalue weighted by molar-refractivity contribution is 5.79. The van der Waals surface area contributed by atoms with Gasteiger partial charge < -0.3 is 10.6 Å². The topological polar surface area (TPSA) is 46.3 Å². The van der Waals surface area contributed by atoms with E-state index in [1.807, 2.05) is 12.1 Å². The van der Waals surface area contributed by atoms with Gasteiger partial charge in [0.05, 0.1) is 0 Å². The number of nitrogens with two attached hydrogens (primary N) is 1. The maximum atomic E-state index is 10.6. The van der Waals surface area contributed by atoms with Crippen molar-refractivity contribution < 1.29 is 4.79 Å². The number of benzene rings is 1. The molecular weight excluding hydrogens is 164 g/mol. The summed E-state index contributed by atoms with van der Waals surface area (Å²) in [4.78, 5) is 12.4. The highest BCUT2D eigenvalue weighted by atomic mass is 16.1. The summed E-state index contributed by atoms with van der Waals surface area (Å²) >= 11 is 0. The lowest BCUT2D eigenvalue weighted by atomic mass is 10.1. The van der Waals surface area contributed by atoms with Gasteiger partial charge in [-0.25, -0.2) is 0 Å². The first-order valence-corrected chi connectivity index (χ1v) is 4.39. The van der Waals surface area contributed by atoms with Gasteiger partial charge in [-0.15, -0.1) is 0 Å². The minimum atomic E-state index is 0.564. The average molecular weight is 176 g/mol. The Kier molecular flexibility index (Phi) is 2.02. The smallest absolute Gasteiger partial charge is 0.214 e. The molecule has 1 heterocycles. The van der Waals surface area contributed by atoms with Crippen LogP contribution < -0.4 is 10.6 Å². The molecule has 3 nitrogen and oxygen atoms in total. The molecule has 0 atom stereocenters. The van der Waals surface area contributed by atoms with Crippen LogP contribution in [0, 0.1) is 0 Å². The van der Waals surface area contributed by atoms with Crippen LogP contribution in [0.5, 0.6) is 0 Å². The van der Waals surface area contributed by atoms with Crippen molar-refractivity contribution in [3.8, 4) is 0 Å². The number of fused-ring (bicyclic) bond motifs is 1. The van der Waals surface area contributed by atoms with Crippen molar-refractivity contribution >= 4 is 12.1 Å². The Labute approximate surface area is 77.1 Å². The molecule has 0 bridgehead atoms. The first-order chi connectivity index (χ1) is 6.35. The number of carbonyl (C=O) groups excluding carboxylic acids is 1. The van der Waals surface area contributed by atoms with E-state index in [4.69, 9.17) is 5.73 Å². The molecule has 1 amide bonds. The maximum absolute atomic E-state index is 10.6. The van der Waals surface area contributed by atoms with Gasteiger partial charge in [0.15, 0.2) is 0 Å². The van der Waals surface area contributed by atoms with Crippen molar-refractivity contribution in [2.45, 2.75) is 13.0 Å². The van der Waals surface area contributed by atoms with Crippen molar-refractivity contribution in [2.24, 2.45) is 5.73 Å². The molecule has 0 saturated heterocycles. The largest absolute Gasteiger partial charge is 0.326 e. The summed E-state index contributed by atoms with van der Waals surface area (Å²) in [5.74, 6) is 0. The molecule has 0 aromatic heterocycles. The number of anilines is 1. The normalized spacial score (nSPS) is 14.4. The summed E-state index contributed by atoms with van der Waals surface area (Å²) in [6.45, 7) is 1.36. The minimum absolute atomic E-state index is 0.564. The van der Waals surface area contributed by atoms with Gasteiger partial charge in [-0.3, -0.25) is 4.79 Å². The van der Waals surface area contributed by atoms with Crippen LogP contribution in [0.3, 0.4) is 0 Å². The van der Waals surface area contributed by atoms with Gasteiger partial charge in [0.2, 0.25) is 6.41 Å². The molecule has 0 fully saturated rings. The quantitative estimate of drug-likeness (QED) is 0.673. The number of hydrogen-bond donors (Lipinski definition) is 1. The van der Waals surface area contributed by atoms with E-state index >= 15 is 0 Å². The number of hydrogen-bond acceptors (Lipinski definition) is 2. The first-order valence-electron chi connectivity index (χ1n) is 4.39. The summed E-state index contributed by atoms with van der Waals surface area (Å²) in [6, 6.07) is 6.03. The zero-order valence-corrected chi connectivity index (χ0v) is 7.36. The van der Waals surface area contributed by atoms with Crippen molar-refractivity contribution in [3.05, 3.63) is 29.3 Å². The molecule has 1 aliphatic rings. The number of rotatable bonds is 2. The second-order valence-corrected chi connectivity index (χ2v) is 3.22. The van der Waals surface area contributed by atoms with Gasteiger partial charge in [-0.05, 0) is 23.6 Å². The fraction of sp³-hybridized carbons (Fsp3) is 0.300. The number of amides is 1. The summed E-state index contributed by atoms with van der Waals surface area (Å²) < 4.78 is 0. The third-order valence-corrected chi connectivity index (χ3v) is 2.44. The molecule has 1 aromatic rings. The van der Waals surface area contributed by atoms with Crippen LogP contribution in [0.25, 0.3) is 0 Å². The second kappa shape index (κ2) is 3.18. The van der Waals surface area contributed by atoms with Crippen molar-refractivity contribution in [2.75, 3.05) is 11.4 Å². The first kappa shape index (κ1) is 8.26. The summed E-state index contributed by atoms with van der Waals surface area (Å²) in [7, 11) is 0. The number of carbonyl (C=O) groups is 1. The summed E-state index contributed by atoms with van der Waals surface area (Å²) in [5.41, 5.74) is 8.92. The molecule has 13 heavy (non-hydrogen) atoms. The van der Waals surface area contributed by atoms with E-state index in [0.717, 1.165) is 30.6 Å². The summed E-state index contributed by atoms with van der Waals surface area (Å²) in [6.07, 6.45) is 1.83. The third kappa shape index (κ3) is 1.31. The zero-order chi connectivity index (χ0) is 9.26. The van der Waals surface area contributed by atoms with Gasteiger partial charge in [-0.2, -0.15) is 0 Å². The Morgan fingerprint density at radius 3 is 3.08 bits per heavy atom. The highest BCUT2D eigenvalue weighted by Crippen LogP contribution is 2.27. The average Bonchev–Trinajstić information content (AvgIpc) is 2.59. The highest BCUT2D eigenvalue weighted by Gasteiger charge is 2.17. The van der Waals surface area contributed by atoms with Gasteiger partial charge in [-0.1, -0.05) is 12.1 Å². The molecule has 0 saturated carbocycles. The molecule has 0 spiro atoms. The Bertz CT molecular complexity index is 336. The molecule has 1 aromatic carbocycles. The van der Waals surface area contributed by atoms with E-state index in [0.29, 0.717) is 6.54 Å². The van der Waals surface area contributed by atoms with Crippen LogP contribution in [0.15, 0.2) is 18.2 Å². The molecule has 0 unspecified atom stereocenters. The fourth-order valence-electron chi connectivity index (χ4n) is 1.72. The van der Waals surface area contributed by atoms with Gasteiger partial charge in [0.1, 0.15) is 0 Å². The lowest BCUT2D eigenvalue weighted by Crippen LogP contribution is -2.17. The van der Waals surface area contributed by atoms with Crippen LogP contribution in [0.4, 0.5) is 5.69 Å².